The van der Waals surface area contributed by atoms with E-state index in [1.165, 1.54) is 61.3 Å². The van der Waals surface area contributed by atoms with Crippen LogP contribution in [0.3, 0.4) is 0 Å². The van der Waals surface area contributed by atoms with Crippen LogP contribution in [0.2, 0.25) is 0 Å². The molecule has 1 aliphatic carbocycles. The van der Waals surface area contributed by atoms with Crippen LogP contribution in [-0.2, 0) is 6.42 Å². The number of benzene rings is 2. The number of nitrogens with zero attached hydrogens (tertiary/aromatic N) is 1. The van der Waals surface area contributed by atoms with Crippen LogP contribution >= 0.6 is 0 Å². The van der Waals surface area contributed by atoms with E-state index in [2.05, 4.69) is 58.7 Å². The van der Waals surface area contributed by atoms with Gasteiger partial charge in [0.05, 0.1) is 17.4 Å². The Kier molecular flexibility index (Phi) is 3.30. The first-order valence-corrected chi connectivity index (χ1v) is 8.10. The summed E-state index contributed by atoms with van der Waals surface area (Å²) in [6, 6.07) is 18.1. The van der Waals surface area contributed by atoms with E-state index < -0.39 is 0 Å². The van der Waals surface area contributed by atoms with Crippen LogP contribution in [0.15, 0.2) is 48.5 Å². The Balaban J connectivity index is 1.61. The number of fused-ring (bicyclic) bond motifs is 1. The molecule has 0 amide bonds. The molecule has 1 aliphatic heterocycles. The van der Waals surface area contributed by atoms with E-state index in [9.17, 15) is 0 Å². The van der Waals surface area contributed by atoms with Gasteiger partial charge in [0.1, 0.15) is 0 Å². The molecule has 2 aliphatic rings. The summed E-state index contributed by atoms with van der Waals surface area (Å²) >= 11 is 0. The molecule has 1 fully saturated rings. The van der Waals surface area contributed by atoms with Crippen molar-refractivity contribution in [1.82, 2.24) is 0 Å². The number of anilines is 2. The highest BCUT2D eigenvalue weighted by Crippen LogP contribution is 2.37. The SMILES string of the molecule is c1ccc2c(c1)CCC2Nc1ccccc1N1CCCC1. The van der Waals surface area contributed by atoms with Crippen LogP contribution in [0.4, 0.5) is 11.4 Å². The van der Waals surface area contributed by atoms with Crippen molar-refractivity contribution in [1.29, 1.82) is 0 Å². The second-order valence-electron chi connectivity index (χ2n) is 6.15. The van der Waals surface area contributed by atoms with Gasteiger partial charge >= 0.3 is 0 Å². The molecule has 2 aromatic carbocycles. The molecule has 0 bridgehead atoms. The quantitative estimate of drug-likeness (QED) is 0.896. The van der Waals surface area contributed by atoms with Gasteiger partial charge in [-0.25, -0.2) is 0 Å². The number of hydrogen-bond donors (Lipinski definition) is 1. The second kappa shape index (κ2) is 5.44. The molecule has 1 N–H and O–H groups in total. The van der Waals surface area contributed by atoms with Crippen LogP contribution in [0.1, 0.15) is 36.4 Å². The van der Waals surface area contributed by atoms with Crippen molar-refractivity contribution < 1.29 is 0 Å². The lowest BCUT2D eigenvalue weighted by Crippen LogP contribution is -2.20. The summed E-state index contributed by atoms with van der Waals surface area (Å²) in [5, 5.41) is 3.80. The van der Waals surface area contributed by atoms with E-state index in [-0.39, 0.29) is 0 Å². The maximum Gasteiger partial charge on any atom is 0.0602 e. The van der Waals surface area contributed by atoms with Crippen LogP contribution in [0, 0.1) is 0 Å². The molecule has 1 unspecified atom stereocenters. The lowest BCUT2D eigenvalue weighted by atomic mass is 10.1. The zero-order valence-electron chi connectivity index (χ0n) is 12.4. The highest BCUT2D eigenvalue weighted by molar-refractivity contribution is 5.71. The monoisotopic (exact) mass is 278 g/mol. The Morgan fingerprint density at radius 1 is 0.905 bits per heavy atom. The van der Waals surface area contributed by atoms with Crippen LogP contribution in [-0.4, -0.2) is 13.1 Å². The van der Waals surface area contributed by atoms with E-state index in [1.807, 2.05) is 0 Å². The number of rotatable bonds is 3. The third-order valence-corrected chi connectivity index (χ3v) is 4.81. The maximum atomic E-state index is 3.80. The van der Waals surface area contributed by atoms with Gasteiger partial charge in [0.25, 0.3) is 0 Å². The Morgan fingerprint density at radius 2 is 1.67 bits per heavy atom. The molecular formula is C19H22N2. The van der Waals surface area contributed by atoms with Crippen molar-refractivity contribution >= 4 is 11.4 Å². The van der Waals surface area contributed by atoms with Crippen molar-refractivity contribution in [3.63, 3.8) is 0 Å². The van der Waals surface area contributed by atoms with Gasteiger partial charge < -0.3 is 10.2 Å². The average molecular weight is 278 g/mol. The molecule has 2 aromatic rings. The summed E-state index contributed by atoms with van der Waals surface area (Å²) in [7, 11) is 0. The highest BCUT2D eigenvalue weighted by Gasteiger charge is 2.23. The van der Waals surface area contributed by atoms with Crippen LogP contribution < -0.4 is 10.2 Å². The molecule has 0 spiro atoms. The first kappa shape index (κ1) is 12.8. The van der Waals surface area contributed by atoms with Crippen LogP contribution in [0.25, 0.3) is 0 Å². The minimum Gasteiger partial charge on any atom is -0.377 e. The van der Waals surface area contributed by atoms with Crippen molar-refractivity contribution in [2.24, 2.45) is 0 Å². The van der Waals surface area contributed by atoms with Crippen molar-refractivity contribution in [2.45, 2.75) is 31.7 Å². The van der Waals surface area contributed by atoms with E-state index in [0.717, 1.165) is 0 Å². The Labute approximate surface area is 126 Å². The molecular weight excluding hydrogens is 256 g/mol. The van der Waals surface area contributed by atoms with E-state index >= 15 is 0 Å². The zero-order valence-corrected chi connectivity index (χ0v) is 12.4. The van der Waals surface area contributed by atoms with Gasteiger partial charge in [-0.05, 0) is 48.9 Å². The normalized spacial score (nSPS) is 20.6. The molecule has 2 heteroatoms. The lowest BCUT2D eigenvalue weighted by molar-refractivity contribution is 0.761. The Hall–Kier alpha value is -1.96. The van der Waals surface area contributed by atoms with Gasteiger partial charge in [0.2, 0.25) is 0 Å². The van der Waals surface area contributed by atoms with Gasteiger partial charge in [-0.1, -0.05) is 36.4 Å². The zero-order chi connectivity index (χ0) is 14.1. The van der Waals surface area contributed by atoms with Gasteiger partial charge in [-0.15, -0.1) is 0 Å². The number of nitrogens with one attached hydrogen (secondary N) is 1. The number of aryl methyl sites for hydroxylation is 1. The van der Waals surface area contributed by atoms with Crippen molar-refractivity contribution in [2.75, 3.05) is 23.3 Å². The summed E-state index contributed by atoms with van der Waals surface area (Å²) in [5.41, 5.74) is 5.66. The molecule has 0 radical (unpaired) electrons. The molecule has 1 saturated heterocycles. The van der Waals surface area contributed by atoms with E-state index in [1.54, 1.807) is 0 Å². The topological polar surface area (TPSA) is 15.3 Å². The lowest BCUT2D eigenvalue weighted by Gasteiger charge is -2.24. The van der Waals surface area contributed by atoms with Gasteiger partial charge in [0.15, 0.2) is 0 Å². The largest absolute Gasteiger partial charge is 0.377 e. The van der Waals surface area contributed by atoms with Crippen LogP contribution in [0.5, 0.6) is 0 Å². The first-order chi connectivity index (χ1) is 10.4. The summed E-state index contributed by atoms with van der Waals surface area (Å²) in [5.74, 6) is 0. The van der Waals surface area contributed by atoms with Crippen molar-refractivity contribution in [3.05, 3.63) is 59.7 Å². The Morgan fingerprint density at radius 3 is 2.57 bits per heavy atom. The maximum absolute atomic E-state index is 3.80. The van der Waals surface area contributed by atoms with Gasteiger partial charge in [-0.3, -0.25) is 0 Å². The highest BCUT2D eigenvalue weighted by atomic mass is 15.2. The fourth-order valence-corrected chi connectivity index (χ4v) is 3.72. The van der Waals surface area contributed by atoms with Crippen molar-refractivity contribution in [3.8, 4) is 0 Å². The fourth-order valence-electron chi connectivity index (χ4n) is 3.72. The minimum absolute atomic E-state index is 0.463. The Bertz CT molecular complexity index is 629. The predicted molar refractivity (Wildman–Crippen MR) is 89.0 cm³/mol. The molecule has 21 heavy (non-hydrogen) atoms. The number of para-hydroxylation sites is 2. The summed E-state index contributed by atoms with van der Waals surface area (Å²) in [6.45, 7) is 2.39. The van der Waals surface area contributed by atoms with Gasteiger partial charge in [-0.2, -0.15) is 0 Å². The average Bonchev–Trinajstić information content (AvgIpc) is 3.18. The summed E-state index contributed by atoms with van der Waals surface area (Å²) < 4.78 is 0. The number of hydrogen-bond acceptors (Lipinski definition) is 2. The third-order valence-electron chi connectivity index (χ3n) is 4.81. The molecule has 1 heterocycles. The molecule has 108 valence electrons. The third kappa shape index (κ3) is 2.39. The fraction of sp³-hybridized carbons (Fsp3) is 0.368. The molecule has 2 nitrogen and oxygen atoms in total. The van der Waals surface area contributed by atoms with Gasteiger partial charge in [0, 0.05) is 13.1 Å². The van der Waals surface area contributed by atoms with E-state index in [0.29, 0.717) is 6.04 Å². The molecule has 0 aromatic heterocycles. The molecule has 1 atom stereocenters. The minimum atomic E-state index is 0.463. The smallest absolute Gasteiger partial charge is 0.0602 e. The summed E-state index contributed by atoms with van der Waals surface area (Å²) in [6.07, 6.45) is 5.04. The second-order valence-corrected chi connectivity index (χ2v) is 6.15. The first-order valence-electron chi connectivity index (χ1n) is 8.10. The van der Waals surface area contributed by atoms with E-state index in [4.69, 9.17) is 0 Å². The molecule has 4 rings (SSSR count). The predicted octanol–water partition coefficient (Wildman–Crippen LogP) is 4.39. The summed E-state index contributed by atoms with van der Waals surface area (Å²) in [4.78, 5) is 2.52. The molecule has 0 saturated carbocycles. The standard InChI is InChI=1S/C19H22N2/c1-2-8-16-15(7-1)11-12-17(16)20-18-9-3-4-10-19(18)21-13-5-6-14-21/h1-4,7-10,17,20H,5-6,11-14H2.